The third-order valence-corrected chi connectivity index (χ3v) is 13.4. The highest BCUT2D eigenvalue weighted by Crippen LogP contribution is 2.50. The van der Waals surface area contributed by atoms with Crippen LogP contribution in [0.15, 0.2) is 30.3 Å². The number of unbranched alkanes of at least 4 members (excludes halogenated alkanes) is 14. The molecule has 1 aromatic carbocycles. The van der Waals surface area contributed by atoms with E-state index in [4.69, 9.17) is 0 Å². The van der Waals surface area contributed by atoms with Gasteiger partial charge in [-0.3, -0.25) is 24.1 Å². The number of carboxylic acid groups (broad SMARTS) is 1. The number of imide groups is 1. The van der Waals surface area contributed by atoms with Gasteiger partial charge >= 0.3 is 23.8 Å². The fraction of sp³-hybridized carbons (Fsp3) is 0.733. The number of nitrogens with zero attached hydrogens (tertiary/aromatic N) is 4. The third kappa shape index (κ3) is 14.8. The third-order valence-electron chi connectivity index (χ3n) is 11.8. The number of rotatable bonds is 24. The largest absolute Gasteiger partial charge is 0.480 e. The number of hydrogen-bond acceptors (Lipinski definition) is 7. The summed E-state index contributed by atoms with van der Waals surface area (Å²) in [6.45, 7) is 13.0. The molecule has 1 aromatic rings. The lowest BCUT2D eigenvalue weighted by Crippen LogP contribution is -2.71. The number of piperazine rings is 1. The first-order valence-electron chi connectivity index (χ1n) is 22.4. The van der Waals surface area contributed by atoms with Crippen LogP contribution >= 0.6 is 11.8 Å². The van der Waals surface area contributed by atoms with Crippen LogP contribution in [0.4, 0.5) is 4.79 Å². The van der Waals surface area contributed by atoms with E-state index < -0.39 is 63.9 Å². The first kappa shape index (κ1) is 49.7. The summed E-state index contributed by atoms with van der Waals surface area (Å²) >= 11 is 1.28. The Balaban J connectivity index is 0.000000352. The van der Waals surface area contributed by atoms with Crippen LogP contribution in [-0.2, 0) is 24.0 Å². The molecule has 0 aliphatic carbocycles. The normalized spacial score (nSPS) is 20.4. The minimum Gasteiger partial charge on any atom is -0.480 e. The average molecular weight is 844 g/mol. The Labute approximate surface area is 358 Å². The Morgan fingerprint density at radius 2 is 1.29 bits per heavy atom. The van der Waals surface area contributed by atoms with Crippen molar-refractivity contribution in [3.05, 3.63) is 35.9 Å². The number of hydrogen-bond donors (Lipinski definition) is 3. The molecular formula is C45H75N6O7S+. The zero-order valence-electron chi connectivity index (χ0n) is 37.1. The van der Waals surface area contributed by atoms with Crippen molar-refractivity contribution in [2.45, 2.75) is 166 Å². The van der Waals surface area contributed by atoms with Gasteiger partial charge in [-0.2, -0.15) is 0 Å². The molecule has 3 N–H and O–H groups in total. The van der Waals surface area contributed by atoms with E-state index in [1.165, 1.54) is 142 Å². The van der Waals surface area contributed by atoms with Gasteiger partial charge in [-0.15, -0.1) is 11.8 Å². The molecule has 4 rings (SSSR count). The molecule has 14 heteroatoms. The second kappa shape index (κ2) is 24.6. The number of carbonyl (C=O) groups excluding carboxylic acids is 5. The van der Waals surface area contributed by atoms with Gasteiger partial charge in [0.2, 0.25) is 11.8 Å². The van der Waals surface area contributed by atoms with E-state index in [9.17, 15) is 33.9 Å². The lowest BCUT2D eigenvalue weighted by Gasteiger charge is -2.44. The van der Waals surface area contributed by atoms with Gasteiger partial charge in [0.15, 0.2) is 0 Å². The molecule has 3 aliphatic rings. The predicted molar refractivity (Wildman–Crippen MR) is 234 cm³/mol. The molecule has 59 heavy (non-hydrogen) atoms. The highest BCUT2D eigenvalue weighted by atomic mass is 32.2. The first-order valence-corrected chi connectivity index (χ1v) is 23.3. The summed E-state index contributed by atoms with van der Waals surface area (Å²) in [4.78, 5) is 78.8. The van der Waals surface area contributed by atoms with Crippen molar-refractivity contribution >= 4 is 47.4 Å². The van der Waals surface area contributed by atoms with E-state index in [0.29, 0.717) is 12.1 Å². The summed E-state index contributed by atoms with van der Waals surface area (Å²) in [6, 6.07) is 4.11. The molecule has 13 nitrogen and oxygen atoms in total. The van der Waals surface area contributed by atoms with E-state index in [1.807, 2.05) is 0 Å². The van der Waals surface area contributed by atoms with Crippen LogP contribution in [0.3, 0.4) is 0 Å². The van der Waals surface area contributed by atoms with Gasteiger partial charge < -0.3 is 30.0 Å². The lowest BCUT2D eigenvalue weighted by molar-refractivity contribution is -0.890. The van der Waals surface area contributed by atoms with Crippen molar-refractivity contribution < 1.29 is 38.4 Å². The molecule has 6 amide bonds. The fourth-order valence-electron chi connectivity index (χ4n) is 8.16. The number of nitrogens with one attached hydrogen (secondary N) is 2. The predicted octanol–water partition coefficient (Wildman–Crippen LogP) is 7.10. The zero-order valence-corrected chi connectivity index (χ0v) is 38.0. The van der Waals surface area contributed by atoms with Gasteiger partial charge in [0, 0.05) is 24.4 Å². The van der Waals surface area contributed by atoms with Crippen molar-refractivity contribution in [3.8, 4) is 0 Å². The SMILES string of the molecule is CCCCCCCCCC[N+](C)(C)CCCCCCCCCC.CCN1CCN(C(=O)NC(C(=O)N[C@@H]2C(=O)N3[C@@H]2SC(C)(C)[C@@H]3C(=O)O)c2ccccc2)C(=O)C1=O. The standard InChI is InChI=1S/C23H27N5O7S.C22H48N/c1-4-26-10-11-27(19(32)18(26)31)22(35)25-13(12-8-6-5-7-9-12)16(29)24-14-17(30)28-15(21(33)34)23(2,3)36-20(14)28;1-5-7-9-11-13-15-17-19-21-23(3,4)22-20-18-16-14-12-10-8-6-2/h5-9,13-15,20H,4,10-11H2,1-3H3,(H,24,29)(H,25,35)(H,33,34);5-22H2,1-4H3/q;+1/t13?,14-,15+,20-;/m1./s1. The van der Waals surface area contributed by atoms with E-state index in [2.05, 4.69) is 38.6 Å². The van der Waals surface area contributed by atoms with Crippen molar-refractivity contribution in [2.24, 2.45) is 0 Å². The summed E-state index contributed by atoms with van der Waals surface area (Å²) in [7, 11) is 4.87. The van der Waals surface area contributed by atoms with Crippen LogP contribution in [0.5, 0.6) is 0 Å². The molecule has 0 saturated carbocycles. The summed E-state index contributed by atoms with van der Waals surface area (Å²) in [6.07, 6.45) is 23.0. The minimum atomic E-state index is -1.26. The van der Waals surface area contributed by atoms with Crippen molar-refractivity contribution in [2.75, 3.05) is 46.8 Å². The highest BCUT2D eigenvalue weighted by molar-refractivity contribution is 8.01. The summed E-state index contributed by atoms with van der Waals surface area (Å²) in [5.41, 5.74) is 0.403. The quantitative estimate of drug-likeness (QED) is 0.0431. The Morgan fingerprint density at radius 3 is 1.78 bits per heavy atom. The number of quaternary nitrogens is 1. The maximum Gasteiger partial charge on any atom is 0.327 e. The van der Waals surface area contributed by atoms with Gasteiger partial charge in [-0.25, -0.2) is 9.59 Å². The number of benzene rings is 1. The number of amides is 6. The number of likely N-dealkylation sites (N-methyl/N-ethyl adjacent to an activating group) is 1. The van der Waals surface area contributed by atoms with Gasteiger partial charge in [-0.1, -0.05) is 121 Å². The molecule has 0 radical (unpaired) electrons. The molecule has 332 valence electrons. The van der Waals surface area contributed by atoms with E-state index in [-0.39, 0.29) is 13.1 Å². The van der Waals surface area contributed by atoms with E-state index in [1.54, 1.807) is 51.1 Å². The summed E-state index contributed by atoms with van der Waals surface area (Å²) < 4.78 is 0.484. The second-order valence-corrected chi connectivity index (χ2v) is 19.3. The number of carboxylic acids is 1. The minimum absolute atomic E-state index is 0.0200. The summed E-state index contributed by atoms with van der Waals surface area (Å²) in [5.74, 6) is -4.12. The van der Waals surface area contributed by atoms with Gasteiger partial charge in [0.1, 0.15) is 23.5 Å². The average Bonchev–Trinajstić information content (AvgIpc) is 3.46. The highest BCUT2D eigenvalue weighted by Gasteiger charge is 2.64. The number of urea groups is 1. The number of β-lactam (4-membered cyclic amide) rings is 1. The molecule has 3 heterocycles. The number of thioether (sulfide) groups is 1. The van der Waals surface area contributed by atoms with Crippen molar-refractivity contribution in [1.82, 2.24) is 25.3 Å². The molecule has 0 bridgehead atoms. The molecule has 3 aliphatic heterocycles. The number of carbonyl (C=O) groups is 6. The Morgan fingerprint density at radius 1 is 0.780 bits per heavy atom. The Kier molecular flexibility index (Phi) is 20.7. The van der Waals surface area contributed by atoms with Crippen LogP contribution in [-0.4, -0.2) is 129 Å². The van der Waals surface area contributed by atoms with Crippen LogP contribution in [0.1, 0.15) is 149 Å². The molecule has 0 spiro atoms. The second-order valence-electron chi connectivity index (χ2n) is 17.6. The smallest absolute Gasteiger partial charge is 0.327 e. The zero-order chi connectivity index (χ0) is 43.6. The Bertz CT molecular complexity index is 1500. The van der Waals surface area contributed by atoms with Crippen LogP contribution in [0.2, 0.25) is 0 Å². The van der Waals surface area contributed by atoms with Gasteiger partial charge in [-0.05, 0) is 52.0 Å². The summed E-state index contributed by atoms with van der Waals surface area (Å²) in [5, 5.41) is 14.2. The number of fused-ring (bicyclic) bond motifs is 1. The monoisotopic (exact) mass is 844 g/mol. The molecule has 3 fully saturated rings. The maximum atomic E-state index is 13.3. The van der Waals surface area contributed by atoms with E-state index >= 15 is 0 Å². The van der Waals surface area contributed by atoms with Gasteiger partial charge in [0.05, 0.1) is 27.2 Å². The number of aliphatic carboxylic acids is 1. The maximum absolute atomic E-state index is 13.3. The molecule has 3 saturated heterocycles. The molecule has 4 atom stereocenters. The van der Waals surface area contributed by atoms with E-state index in [0.717, 1.165) is 4.90 Å². The molecular weight excluding hydrogens is 769 g/mol. The van der Waals surface area contributed by atoms with Crippen LogP contribution in [0.25, 0.3) is 0 Å². The fourth-order valence-corrected chi connectivity index (χ4v) is 9.78. The van der Waals surface area contributed by atoms with Crippen LogP contribution < -0.4 is 10.6 Å². The first-order chi connectivity index (χ1) is 28.1. The topological polar surface area (TPSA) is 156 Å². The van der Waals surface area contributed by atoms with Crippen molar-refractivity contribution in [1.29, 1.82) is 0 Å². The van der Waals surface area contributed by atoms with Crippen LogP contribution in [0, 0.1) is 0 Å². The molecule has 1 unspecified atom stereocenters. The van der Waals surface area contributed by atoms with Gasteiger partial charge in [0.25, 0.3) is 0 Å². The Hall–Kier alpha value is -3.65. The molecule has 0 aromatic heterocycles. The van der Waals surface area contributed by atoms with Crippen molar-refractivity contribution in [3.63, 3.8) is 0 Å². The lowest BCUT2D eigenvalue weighted by atomic mass is 9.95.